The third-order valence-corrected chi connectivity index (χ3v) is 3.42. The third kappa shape index (κ3) is 3.51. The van der Waals surface area contributed by atoms with E-state index in [0.717, 1.165) is 32.6 Å². The Labute approximate surface area is 104 Å². The summed E-state index contributed by atoms with van der Waals surface area (Å²) in [6.07, 6.45) is 7.25. The van der Waals surface area contributed by atoms with Crippen LogP contribution in [0.3, 0.4) is 0 Å². The molecule has 0 aliphatic carbocycles. The summed E-state index contributed by atoms with van der Waals surface area (Å²) >= 11 is 0. The van der Waals surface area contributed by atoms with Crippen LogP contribution in [0.25, 0.3) is 0 Å². The van der Waals surface area contributed by atoms with E-state index >= 15 is 0 Å². The molecule has 0 amide bonds. The second kappa shape index (κ2) is 6.72. The standard InChI is InChI=1S/C14H22N2O/c1-2-7-16-14(12-3-8-15-9-4-12)13-5-10-17-11-6-13/h3-4,8-9,13-14,16H,2,5-7,10-11H2,1H3. The lowest BCUT2D eigenvalue weighted by molar-refractivity contribution is 0.0536. The molecule has 1 atom stereocenters. The van der Waals surface area contributed by atoms with E-state index in [1.54, 1.807) is 0 Å². The maximum Gasteiger partial charge on any atom is 0.0469 e. The lowest BCUT2D eigenvalue weighted by atomic mass is 9.87. The Balaban J connectivity index is 2.06. The van der Waals surface area contributed by atoms with E-state index in [-0.39, 0.29) is 0 Å². The largest absolute Gasteiger partial charge is 0.381 e. The SMILES string of the molecule is CCCNC(c1ccncc1)C1CCOCC1. The Morgan fingerprint density at radius 3 is 2.71 bits per heavy atom. The Morgan fingerprint density at radius 2 is 2.06 bits per heavy atom. The van der Waals surface area contributed by atoms with Gasteiger partial charge in [0.15, 0.2) is 0 Å². The minimum atomic E-state index is 0.460. The van der Waals surface area contributed by atoms with E-state index in [0.29, 0.717) is 12.0 Å². The van der Waals surface area contributed by atoms with Crippen molar-refractivity contribution in [2.45, 2.75) is 32.2 Å². The van der Waals surface area contributed by atoms with Crippen molar-refractivity contribution in [1.82, 2.24) is 10.3 Å². The van der Waals surface area contributed by atoms with Gasteiger partial charge in [0.2, 0.25) is 0 Å². The molecule has 0 radical (unpaired) electrons. The summed E-state index contributed by atoms with van der Waals surface area (Å²) in [5.41, 5.74) is 1.36. The van der Waals surface area contributed by atoms with Crippen LogP contribution in [-0.2, 0) is 4.74 Å². The third-order valence-electron chi connectivity index (χ3n) is 3.42. The van der Waals surface area contributed by atoms with Crippen molar-refractivity contribution >= 4 is 0 Å². The lowest BCUT2D eigenvalue weighted by Gasteiger charge is -2.31. The molecule has 0 aromatic carbocycles. The number of rotatable bonds is 5. The Morgan fingerprint density at radius 1 is 1.35 bits per heavy atom. The summed E-state index contributed by atoms with van der Waals surface area (Å²) in [5.74, 6) is 0.692. The van der Waals surface area contributed by atoms with Gasteiger partial charge in [-0.3, -0.25) is 4.98 Å². The second-order valence-corrected chi connectivity index (χ2v) is 4.66. The van der Waals surface area contributed by atoms with Crippen molar-refractivity contribution in [3.63, 3.8) is 0 Å². The lowest BCUT2D eigenvalue weighted by Crippen LogP contribution is -2.32. The molecule has 3 nitrogen and oxygen atoms in total. The number of aromatic nitrogens is 1. The summed E-state index contributed by atoms with van der Waals surface area (Å²) in [7, 11) is 0. The summed E-state index contributed by atoms with van der Waals surface area (Å²) in [6, 6.07) is 4.72. The van der Waals surface area contributed by atoms with Gasteiger partial charge in [0, 0.05) is 31.6 Å². The molecule has 1 aromatic rings. The maximum atomic E-state index is 5.45. The normalized spacial score (nSPS) is 19.1. The van der Waals surface area contributed by atoms with Gasteiger partial charge in [-0.25, -0.2) is 0 Å². The zero-order valence-electron chi connectivity index (χ0n) is 10.6. The first-order chi connectivity index (χ1) is 8.42. The molecular weight excluding hydrogens is 212 g/mol. The highest BCUT2D eigenvalue weighted by atomic mass is 16.5. The van der Waals surface area contributed by atoms with Crippen LogP contribution < -0.4 is 5.32 Å². The smallest absolute Gasteiger partial charge is 0.0469 e. The van der Waals surface area contributed by atoms with Crippen molar-refractivity contribution in [3.8, 4) is 0 Å². The number of ether oxygens (including phenoxy) is 1. The predicted octanol–water partition coefficient (Wildman–Crippen LogP) is 2.55. The molecule has 2 rings (SSSR count). The van der Waals surface area contributed by atoms with Crippen LogP contribution in [0.4, 0.5) is 0 Å². The van der Waals surface area contributed by atoms with E-state index in [2.05, 4.69) is 29.4 Å². The van der Waals surface area contributed by atoms with Crippen molar-refractivity contribution in [3.05, 3.63) is 30.1 Å². The molecule has 1 N–H and O–H groups in total. The van der Waals surface area contributed by atoms with E-state index < -0.39 is 0 Å². The van der Waals surface area contributed by atoms with Gasteiger partial charge in [-0.15, -0.1) is 0 Å². The molecule has 2 heterocycles. The Kier molecular flexibility index (Phi) is 4.95. The van der Waals surface area contributed by atoms with Gasteiger partial charge in [-0.1, -0.05) is 6.92 Å². The molecule has 0 saturated carbocycles. The molecule has 1 unspecified atom stereocenters. The van der Waals surface area contributed by atoms with Gasteiger partial charge in [0.05, 0.1) is 0 Å². The van der Waals surface area contributed by atoms with Crippen LogP contribution in [0.2, 0.25) is 0 Å². The molecule has 1 aliphatic rings. The van der Waals surface area contributed by atoms with Crippen LogP contribution in [0, 0.1) is 5.92 Å². The average Bonchev–Trinajstić information content (AvgIpc) is 2.42. The molecule has 1 aliphatic heterocycles. The summed E-state index contributed by atoms with van der Waals surface area (Å²) in [4.78, 5) is 4.10. The van der Waals surface area contributed by atoms with E-state index in [1.807, 2.05) is 12.4 Å². The van der Waals surface area contributed by atoms with Gasteiger partial charge in [-0.05, 0) is 49.4 Å². The summed E-state index contributed by atoms with van der Waals surface area (Å²) < 4.78 is 5.45. The highest BCUT2D eigenvalue weighted by molar-refractivity contribution is 5.16. The predicted molar refractivity (Wildman–Crippen MR) is 68.8 cm³/mol. The van der Waals surface area contributed by atoms with Gasteiger partial charge >= 0.3 is 0 Å². The molecule has 3 heteroatoms. The van der Waals surface area contributed by atoms with Crippen LogP contribution in [0.5, 0.6) is 0 Å². The molecular formula is C14H22N2O. The zero-order chi connectivity index (χ0) is 11.9. The highest BCUT2D eigenvalue weighted by Crippen LogP contribution is 2.29. The number of hydrogen-bond donors (Lipinski definition) is 1. The topological polar surface area (TPSA) is 34.2 Å². The number of nitrogens with zero attached hydrogens (tertiary/aromatic N) is 1. The van der Waals surface area contributed by atoms with Gasteiger partial charge in [0.25, 0.3) is 0 Å². The molecule has 1 saturated heterocycles. The van der Waals surface area contributed by atoms with Crippen LogP contribution in [0.1, 0.15) is 37.8 Å². The van der Waals surface area contributed by atoms with Crippen molar-refractivity contribution in [2.75, 3.05) is 19.8 Å². The first kappa shape index (κ1) is 12.5. The van der Waals surface area contributed by atoms with Crippen LogP contribution in [-0.4, -0.2) is 24.7 Å². The molecule has 1 fully saturated rings. The Hall–Kier alpha value is -0.930. The number of nitrogens with one attached hydrogen (secondary N) is 1. The molecule has 0 bridgehead atoms. The first-order valence-electron chi connectivity index (χ1n) is 6.63. The quantitative estimate of drug-likeness (QED) is 0.850. The summed E-state index contributed by atoms with van der Waals surface area (Å²) in [5, 5.41) is 3.67. The van der Waals surface area contributed by atoms with Crippen molar-refractivity contribution in [2.24, 2.45) is 5.92 Å². The molecule has 94 valence electrons. The van der Waals surface area contributed by atoms with Crippen LogP contribution in [0.15, 0.2) is 24.5 Å². The van der Waals surface area contributed by atoms with E-state index in [4.69, 9.17) is 4.74 Å². The fourth-order valence-electron chi connectivity index (χ4n) is 2.48. The molecule has 17 heavy (non-hydrogen) atoms. The fraction of sp³-hybridized carbons (Fsp3) is 0.643. The summed E-state index contributed by atoms with van der Waals surface area (Å²) in [6.45, 7) is 5.09. The van der Waals surface area contributed by atoms with Crippen LogP contribution >= 0.6 is 0 Å². The minimum Gasteiger partial charge on any atom is -0.381 e. The van der Waals surface area contributed by atoms with E-state index in [1.165, 1.54) is 12.0 Å². The fourth-order valence-corrected chi connectivity index (χ4v) is 2.48. The second-order valence-electron chi connectivity index (χ2n) is 4.66. The zero-order valence-corrected chi connectivity index (χ0v) is 10.6. The number of pyridine rings is 1. The maximum absolute atomic E-state index is 5.45. The van der Waals surface area contributed by atoms with Gasteiger partial charge in [-0.2, -0.15) is 0 Å². The minimum absolute atomic E-state index is 0.460. The highest BCUT2D eigenvalue weighted by Gasteiger charge is 2.24. The van der Waals surface area contributed by atoms with Crippen molar-refractivity contribution in [1.29, 1.82) is 0 Å². The molecule has 0 spiro atoms. The number of hydrogen-bond acceptors (Lipinski definition) is 3. The Bertz CT molecular complexity index is 309. The van der Waals surface area contributed by atoms with Crippen molar-refractivity contribution < 1.29 is 4.74 Å². The monoisotopic (exact) mass is 234 g/mol. The van der Waals surface area contributed by atoms with Gasteiger partial charge in [0.1, 0.15) is 0 Å². The van der Waals surface area contributed by atoms with Gasteiger partial charge < -0.3 is 10.1 Å². The first-order valence-corrected chi connectivity index (χ1v) is 6.63. The molecule has 1 aromatic heterocycles. The van der Waals surface area contributed by atoms with E-state index in [9.17, 15) is 0 Å². The average molecular weight is 234 g/mol.